The lowest BCUT2D eigenvalue weighted by Crippen LogP contribution is -2.42. The van der Waals surface area contributed by atoms with E-state index < -0.39 is 5.60 Å². The molecule has 4 aromatic rings. The standard InChI is InChI=1S/C36H46N6O4/c1-25(46-5)13-20-41(30-10-11-32-29(22-30)16-21-42(32)35(44)37-4)31-12-17-38-33(23-31)39-34(43)28-8-6-26(7-9-28)27-14-18-40(19-15-27)24-36(2,3)45/h6-12,16-17,21-23,25,27,45H,13-15,18-20,24H2,1-5H3,(H,37,44)(H,38,39,43). The van der Waals surface area contributed by atoms with Crippen LogP contribution in [0.1, 0.15) is 61.9 Å². The van der Waals surface area contributed by atoms with Crippen molar-refractivity contribution in [1.29, 1.82) is 0 Å². The highest BCUT2D eigenvalue weighted by atomic mass is 16.5. The summed E-state index contributed by atoms with van der Waals surface area (Å²) >= 11 is 0. The number of likely N-dealkylation sites (tertiary alicyclic amines) is 1. The molecule has 0 saturated carbocycles. The van der Waals surface area contributed by atoms with Crippen LogP contribution < -0.4 is 15.5 Å². The Hall–Kier alpha value is -4.25. The van der Waals surface area contributed by atoms with E-state index in [1.54, 1.807) is 31.1 Å². The number of fused-ring (bicyclic) bond motifs is 1. The number of β-amino-alcohol motifs (C(OH)–C–C–N with tert-alkyl or cyclic N) is 1. The number of carbonyl (C=O) groups is 2. The van der Waals surface area contributed by atoms with Gasteiger partial charge in [-0.05, 0) is 107 Å². The summed E-state index contributed by atoms with van der Waals surface area (Å²) in [7, 11) is 3.32. The fourth-order valence-corrected chi connectivity index (χ4v) is 6.15. The average Bonchev–Trinajstić information content (AvgIpc) is 3.48. The lowest BCUT2D eigenvalue weighted by atomic mass is 9.88. The number of pyridine rings is 1. The molecule has 0 aliphatic carbocycles. The second kappa shape index (κ2) is 14.5. The van der Waals surface area contributed by atoms with Gasteiger partial charge in [0.05, 0.1) is 17.2 Å². The van der Waals surface area contributed by atoms with Crippen LogP contribution in [0.2, 0.25) is 0 Å². The van der Waals surface area contributed by atoms with Crippen LogP contribution in [0.15, 0.2) is 73.1 Å². The zero-order valence-electron chi connectivity index (χ0n) is 27.5. The van der Waals surface area contributed by atoms with Gasteiger partial charge in [0.15, 0.2) is 0 Å². The van der Waals surface area contributed by atoms with Crippen molar-refractivity contribution >= 4 is 40.0 Å². The molecule has 0 spiro atoms. The predicted molar refractivity (Wildman–Crippen MR) is 183 cm³/mol. The van der Waals surface area contributed by atoms with Gasteiger partial charge in [0.25, 0.3) is 5.91 Å². The predicted octanol–water partition coefficient (Wildman–Crippen LogP) is 5.99. The van der Waals surface area contributed by atoms with Crippen LogP contribution in [-0.2, 0) is 4.74 Å². The van der Waals surface area contributed by atoms with E-state index in [0.717, 1.165) is 54.6 Å². The minimum absolute atomic E-state index is 0.0600. The van der Waals surface area contributed by atoms with Crippen LogP contribution in [-0.4, -0.2) is 83.5 Å². The zero-order chi connectivity index (χ0) is 32.8. The molecule has 1 fully saturated rings. The van der Waals surface area contributed by atoms with Gasteiger partial charge in [-0.1, -0.05) is 12.1 Å². The van der Waals surface area contributed by atoms with Crippen molar-refractivity contribution in [1.82, 2.24) is 19.8 Å². The minimum atomic E-state index is -0.687. The van der Waals surface area contributed by atoms with Crippen LogP contribution in [0.3, 0.4) is 0 Å². The summed E-state index contributed by atoms with van der Waals surface area (Å²) in [4.78, 5) is 34.5. The third-order valence-corrected chi connectivity index (χ3v) is 8.72. The molecule has 0 bridgehead atoms. The van der Waals surface area contributed by atoms with Crippen LogP contribution in [0.5, 0.6) is 0 Å². The highest BCUT2D eigenvalue weighted by Gasteiger charge is 2.25. The van der Waals surface area contributed by atoms with Crippen molar-refractivity contribution in [3.8, 4) is 0 Å². The Labute approximate surface area is 271 Å². The van der Waals surface area contributed by atoms with Gasteiger partial charge in [-0.3, -0.25) is 9.36 Å². The third-order valence-electron chi connectivity index (χ3n) is 8.72. The highest BCUT2D eigenvalue weighted by Crippen LogP contribution is 2.32. The van der Waals surface area contributed by atoms with Crippen LogP contribution in [0.25, 0.3) is 10.9 Å². The Morgan fingerprint density at radius 1 is 1.07 bits per heavy atom. The van der Waals surface area contributed by atoms with Gasteiger partial charge in [0.1, 0.15) is 5.82 Å². The molecule has 1 unspecified atom stereocenters. The van der Waals surface area contributed by atoms with Gasteiger partial charge in [0.2, 0.25) is 0 Å². The second-order valence-electron chi connectivity index (χ2n) is 12.8. The van der Waals surface area contributed by atoms with E-state index in [1.165, 1.54) is 5.56 Å². The Morgan fingerprint density at radius 2 is 1.78 bits per heavy atom. The molecule has 2 aromatic carbocycles. The molecule has 5 rings (SSSR count). The van der Waals surface area contributed by atoms with Crippen molar-refractivity contribution in [2.75, 3.05) is 50.6 Å². The minimum Gasteiger partial charge on any atom is -0.389 e. The average molecular weight is 627 g/mol. The van der Waals surface area contributed by atoms with Gasteiger partial charge < -0.3 is 30.3 Å². The van der Waals surface area contributed by atoms with E-state index in [4.69, 9.17) is 4.74 Å². The topological polar surface area (TPSA) is 112 Å². The molecule has 2 aromatic heterocycles. The summed E-state index contributed by atoms with van der Waals surface area (Å²) in [5.41, 5.74) is 3.78. The Balaban J connectivity index is 1.29. The molecule has 2 amide bonds. The maximum Gasteiger partial charge on any atom is 0.325 e. The number of hydrogen-bond donors (Lipinski definition) is 3. The normalized spacial score (nSPS) is 15.1. The third kappa shape index (κ3) is 8.12. The van der Waals surface area contributed by atoms with Gasteiger partial charge in [0, 0.05) is 68.0 Å². The number of carbonyl (C=O) groups excluding carboxylic acids is 2. The van der Waals surface area contributed by atoms with Crippen LogP contribution >= 0.6 is 0 Å². The number of amides is 2. The molecule has 46 heavy (non-hydrogen) atoms. The molecular weight excluding hydrogens is 580 g/mol. The number of anilines is 3. The molecule has 1 saturated heterocycles. The number of ether oxygens (including phenoxy) is 1. The number of aromatic nitrogens is 2. The molecule has 3 heterocycles. The van der Waals surface area contributed by atoms with Gasteiger partial charge in [-0.2, -0.15) is 0 Å². The van der Waals surface area contributed by atoms with Gasteiger partial charge in [-0.15, -0.1) is 0 Å². The van der Waals surface area contributed by atoms with Crippen LogP contribution in [0, 0.1) is 0 Å². The molecule has 10 nitrogen and oxygen atoms in total. The fraction of sp³-hybridized carbons (Fsp3) is 0.417. The summed E-state index contributed by atoms with van der Waals surface area (Å²) in [5.74, 6) is 0.692. The lowest BCUT2D eigenvalue weighted by molar-refractivity contribution is 0.0282. The second-order valence-corrected chi connectivity index (χ2v) is 12.8. The summed E-state index contributed by atoms with van der Waals surface area (Å²) < 4.78 is 7.11. The number of nitrogens with one attached hydrogen (secondary N) is 2. The van der Waals surface area contributed by atoms with E-state index in [1.807, 2.05) is 63.2 Å². The first kappa shape index (κ1) is 33.1. The molecule has 1 atom stereocenters. The van der Waals surface area contributed by atoms with Crippen molar-refractivity contribution in [2.45, 2.75) is 57.7 Å². The Kier molecular flexibility index (Phi) is 10.4. The highest BCUT2D eigenvalue weighted by molar-refractivity contribution is 6.04. The largest absolute Gasteiger partial charge is 0.389 e. The van der Waals surface area contributed by atoms with Crippen LogP contribution in [0.4, 0.5) is 22.0 Å². The molecule has 3 N–H and O–H groups in total. The molecule has 10 heteroatoms. The quantitative estimate of drug-likeness (QED) is 0.188. The SMILES string of the molecule is CNC(=O)n1ccc2cc(N(CCC(C)OC)c3ccnc(NC(=O)c4ccc(C5CCN(CC(C)(C)O)CC5)cc4)c3)ccc21. The molecule has 244 valence electrons. The number of benzene rings is 2. The first-order valence-electron chi connectivity index (χ1n) is 16.0. The zero-order valence-corrected chi connectivity index (χ0v) is 27.5. The van der Waals surface area contributed by atoms with E-state index in [2.05, 4.69) is 43.6 Å². The number of aliphatic hydroxyl groups is 1. The molecular formula is C36H46N6O4. The summed E-state index contributed by atoms with van der Waals surface area (Å²) in [6.45, 7) is 9.00. The van der Waals surface area contributed by atoms with Gasteiger partial charge in [-0.25, -0.2) is 9.78 Å². The summed E-state index contributed by atoms with van der Waals surface area (Å²) in [6, 6.07) is 19.4. The fourth-order valence-electron chi connectivity index (χ4n) is 6.15. The lowest BCUT2D eigenvalue weighted by Gasteiger charge is -2.35. The van der Waals surface area contributed by atoms with Crippen molar-refractivity contribution in [3.63, 3.8) is 0 Å². The smallest absolute Gasteiger partial charge is 0.325 e. The van der Waals surface area contributed by atoms with Crippen molar-refractivity contribution in [3.05, 3.63) is 84.2 Å². The maximum atomic E-state index is 13.3. The van der Waals surface area contributed by atoms with E-state index in [-0.39, 0.29) is 18.0 Å². The number of nitrogens with zero attached hydrogens (tertiary/aromatic N) is 4. The first-order valence-corrected chi connectivity index (χ1v) is 16.0. The monoisotopic (exact) mass is 626 g/mol. The Morgan fingerprint density at radius 3 is 2.46 bits per heavy atom. The maximum absolute atomic E-state index is 13.3. The molecule has 1 aliphatic heterocycles. The van der Waals surface area contributed by atoms with E-state index in [0.29, 0.717) is 30.4 Å². The Bertz CT molecular complexity index is 1640. The summed E-state index contributed by atoms with van der Waals surface area (Å²) in [6.07, 6.45) is 6.37. The first-order chi connectivity index (χ1) is 22.0. The number of methoxy groups -OCH3 is 1. The number of piperidine rings is 1. The molecule has 0 radical (unpaired) electrons. The number of hydrogen-bond acceptors (Lipinski definition) is 7. The van der Waals surface area contributed by atoms with Gasteiger partial charge >= 0.3 is 6.03 Å². The van der Waals surface area contributed by atoms with E-state index >= 15 is 0 Å². The van der Waals surface area contributed by atoms with E-state index in [9.17, 15) is 14.7 Å². The van der Waals surface area contributed by atoms with Crippen molar-refractivity contribution < 1.29 is 19.4 Å². The summed E-state index contributed by atoms with van der Waals surface area (Å²) in [5, 5.41) is 16.7. The number of rotatable bonds is 11. The molecule has 1 aliphatic rings. The van der Waals surface area contributed by atoms with Crippen molar-refractivity contribution in [2.24, 2.45) is 0 Å².